The zero-order valence-corrected chi connectivity index (χ0v) is 16.3. The quantitative estimate of drug-likeness (QED) is 0.557. The minimum atomic E-state index is -1.12. The number of hydrogen-bond donors (Lipinski definition) is 1. The largest absolute Gasteiger partial charge is 0.478 e. The van der Waals surface area contributed by atoms with Crippen LogP contribution in [0.3, 0.4) is 0 Å². The van der Waals surface area contributed by atoms with E-state index < -0.39 is 5.97 Å². The van der Waals surface area contributed by atoms with Crippen LogP contribution >= 0.6 is 11.3 Å². The van der Waals surface area contributed by atoms with Crippen molar-refractivity contribution in [1.29, 1.82) is 0 Å². The van der Waals surface area contributed by atoms with Gasteiger partial charge >= 0.3 is 5.97 Å². The molecule has 5 nitrogen and oxygen atoms in total. The molecule has 28 heavy (non-hydrogen) atoms. The number of aromatic nitrogens is 2. The van der Waals surface area contributed by atoms with Crippen molar-refractivity contribution in [2.24, 2.45) is 0 Å². The number of carbonyl (C=O) groups is 1. The summed E-state index contributed by atoms with van der Waals surface area (Å²) >= 11 is 1.18. The topological polar surface area (TPSA) is 72.2 Å². The molecule has 2 aromatic carbocycles. The smallest absolute Gasteiger partial charge is 0.337 e. The molecule has 0 spiro atoms. The van der Waals surface area contributed by atoms with Crippen LogP contribution in [0.1, 0.15) is 27.0 Å². The van der Waals surface area contributed by atoms with Crippen molar-refractivity contribution >= 4 is 27.5 Å². The fraction of sp³-hybridized carbons (Fsp3) is 0.136. The van der Waals surface area contributed by atoms with Crippen LogP contribution < -0.4 is 5.56 Å². The molecule has 4 aromatic rings. The Labute approximate surface area is 165 Å². The summed E-state index contributed by atoms with van der Waals surface area (Å²) in [6, 6.07) is 15.7. The standard InChI is InChI=1S/C22H18N2O3S/c1-13-3-7-15(8-4-13)11-24-19(16-9-5-14(2)6-10-16)23-20-18(21(24)25)17(12-28-20)22(26)27/h3-10,12H,11H2,1-2H3,(H,26,27). The number of benzene rings is 2. The van der Waals surface area contributed by atoms with Gasteiger partial charge in [0.1, 0.15) is 10.7 Å². The van der Waals surface area contributed by atoms with Gasteiger partial charge < -0.3 is 5.11 Å². The summed E-state index contributed by atoms with van der Waals surface area (Å²) in [6.07, 6.45) is 0. The van der Waals surface area contributed by atoms with E-state index in [9.17, 15) is 14.7 Å². The Bertz CT molecular complexity index is 1240. The molecule has 0 fully saturated rings. The Morgan fingerprint density at radius 1 is 1.04 bits per heavy atom. The van der Waals surface area contributed by atoms with Gasteiger partial charge in [0.05, 0.1) is 17.5 Å². The van der Waals surface area contributed by atoms with Crippen molar-refractivity contribution in [3.63, 3.8) is 0 Å². The number of aromatic carboxylic acids is 1. The first kappa shape index (κ1) is 18.1. The van der Waals surface area contributed by atoms with Crippen LogP contribution in [0.5, 0.6) is 0 Å². The molecule has 2 aromatic heterocycles. The first-order valence-corrected chi connectivity index (χ1v) is 9.70. The SMILES string of the molecule is Cc1ccc(Cn2c(-c3ccc(C)cc3)nc3scc(C(=O)O)c3c2=O)cc1. The van der Waals surface area contributed by atoms with Crippen LogP contribution in [0, 0.1) is 13.8 Å². The lowest BCUT2D eigenvalue weighted by molar-refractivity contribution is 0.0699. The average Bonchev–Trinajstić information content (AvgIpc) is 3.11. The molecule has 0 amide bonds. The molecular weight excluding hydrogens is 372 g/mol. The number of rotatable bonds is 4. The maximum Gasteiger partial charge on any atom is 0.337 e. The molecule has 2 heterocycles. The number of aryl methyl sites for hydroxylation is 2. The second kappa shape index (κ2) is 7.05. The molecule has 0 aliphatic heterocycles. The van der Waals surface area contributed by atoms with Gasteiger partial charge in [-0.05, 0) is 19.4 Å². The van der Waals surface area contributed by atoms with Crippen LogP contribution in [-0.2, 0) is 6.54 Å². The molecular formula is C22H18N2O3S. The van der Waals surface area contributed by atoms with E-state index in [1.165, 1.54) is 16.7 Å². The number of thiophene rings is 1. The van der Waals surface area contributed by atoms with E-state index in [-0.39, 0.29) is 16.5 Å². The molecule has 0 aliphatic carbocycles. The molecule has 0 saturated heterocycles. The maximum atomic E-state index is 13.3. The Balaban J connectivity index is 1.98. The van der Waals surface area contributed by atoms with Gasteiger partial charge in [-0.25, -0.2) is 9.78 Å². The van der Waals surface area contributed by atoms with E-state index in [2.05, 4.69) is 4.98 Å². The van der Waals surface area contributed by atoms with Gasteiger partial charge in [-0.3, -0.25) is 9.36 Å². The summed E-state index contributed by atoms with van der Waals surface area (Å²) in [6.45, 7) is 4.32. The zero-order valence-electron chi connectivity index (χ0n) is 15.5. The Morgan fingerprint density at radius 3 is 2.25 bits per heavy atom. The summed E-state index contributed by atoms with van der Waals surface area (Å²) in [5.41, 5.74) is 3.69. The third-order valence-electron chi connectivity index (χ3n) is 4.70. The number of carboxylic acids is 1. The predicted octanol–water partition coefficient (Wildman–Crippen LogP) is 4.49. The van der Waals surface area contributed by atoms with Crippen LogP contribution in [0.2, 0.25) is 0 Å². The van der Waals surface area contributed by atoms with Crippen molar-refractivity contribution in [2.75, 3.05) is 0 Å². The van der Waals surface area contributed by atoms with Gasteiger partial charge in [0.25, 0.3) is 5.56 Å². The van der Waals surface area contributed by atoms with Crippen LogP contribution in [0.15, 0.2) is 58.7 Å². The van der Waals surface area contributed by atoms with Gasteiger partial charge in [0.2, 0.25) is 0 Å². The Kier molecular flexibility index (Phi) is 4.57. The number of nitrogens with zero attached hydrogens (tertiary/aromatic N) is 2. The highest BCUT2D eigenvalue weighted by Gasteiger charge is 2.20. The Hall–Kier alpha value is -3.25. The third-order valence-corrected chi connectivity index (χ3v) is 5.57. The number of carboxylic acid groups (broad SMARTS) is 1. The fourth-order valence-corrected chi connectivity index (χ4v) is 4.03. The summed E-state index contributed by atoms with van der Waals surface area (Å²) in [5.74, 6) is -0.577. The normalized spacial score (nSPS) is 11.1. The van der Waals surface area contributed by atoms with Gasteiger partial charge in [-0.15, -0.1) is 11.3 Å². The first-order valence-electron chi connectivity index (χ1n) is 8.82. The van der Waals surface area contributed by atoms with E-state index >= 15 is 0 Å². The lowest BCUT2D eigenvalue weighted by Gasteiger charge is -2.13. The highest BCUT2D eigenvalue weighted by molar-refractivity contribution is 7.17. The van der Waals surface area contributed by atoms with E-state index in [0.29, 0.717) is 17.2 Å². The third kappa shape index (κ3) is 3.23. The zero-order chi connectivity index (χ0) is 19.8. The lowest BCUT2D eigenvalue weighted by Crippen LogP contribution is -2.24. The summed E-state index contributed by atoms with van der Waals surface area (Å²) in [4.78, 5) is 30.0. The number of hydrogen-bond acceptors (Lipinski definition) is 4. The van der Waals surface area contributed by atoms with Gasteiger partial charge in [-0.1, -0.05) is 59.7 Å². The molecule has 0 bridgehead atoms. The van der Waals surface area contributed by atoms with E-state index in [1.54, 1.807) is 4.57 Å². The second-order valence-electron chi connectivity index (χ2n) is 6.81. The summed E-state index contributed by atoms with van der Waals surface area (Å²) in [5, 5.41) is 11.1. The maximum absolute atomic E-state index is 13.3. The van der Waals surface area contributed by atoms with E-state index in [1.807, 2.05) is 62.4 Å². The first-order chi connectivity index (χ1) is 13.4. The minimum absolute atomic E-state index is 0.00520. The molecule has 4 rings (SSSR count). The Morgan fingerprint density at radius 2 is 1.64 bits per heavy atom. The second-order valence-corrected chi connectivity index (χ2v) is 7.67. The molecule has 0 unspecified atom stereocenters. The minimum Gasteiger partial charge on any atom is -0.478 e. The van der Waals surface area contributed by atoms with Crippen LogP contribution in [-0.4, -0.2) is 20.6 Å². The monoisotopic (exact) mass is 390 g/mol. The predicted molar refractivity (Wildman–Crippen MR) is 111 cm³/mol. The van der Waals surface area contributed by atoms with E-state index in [0.717, 1.165) is 22.3 Å². The average molecular weight is 390 g/mol. The van der Waals surface area contributed by atoms with E-state index in [4.69, 9.17) is 0 Å². The van der Waals surface area contributed by atoms with Gasteiger partial charge in [0, 0.05) is 10.9 Å². The van der Waals surface area contributed by atoms with Crippen molar-refractivity contribution in [1.82, 2.24) is 9.55 Å². The highest BCUT2D eigenvalue weighted by Crippen LogP contribution is 2.26. The summed E-state index contributed by atoms with van der Waals surface area (Å²) in [7, 11) is 0. The highest BCUT2D eigenvalue weighted by atomic mass is 32.1. The van der Waals surface area contributed by atoms with Crippen LogP contribution in [0.4, 0.5) is 0 Å². The summed E-state index contributed by atoms with van der Waals surface area (Å²) < 4.78 is 1.57. The van der Waals surface area contributed by atoms with Crippen molar-refractivity contribution in [3.8, 4) is 11.4 Å². The molecule has 0 saturated carbocycles. The fourth-order valence-electron chi connectivity index (χ4n) is 3.13. The molecule has 1 N–H and O–H groups in total. The molecule has 0 atom stereocenters. The van der Waals surface area contributed by atoms with Gasteiger partial charge in [0.15, 0.2) is 0 Å². The molecule has 6 heteroatoms. The molecule has 0 aliphatic rings. The van der Waals surface area contributed by atoms with Gasteiger partial charge in [-0.2, -0.15) is 0 Å². The lowest BCUT2D eigenvalue weighted by atomic mass is 10.1. The van der Waals surface area contributed by atoms with Crippen molar-refractivity contribution in [3.05, 3.63) is 86.5 Å². The molecule has 140 valence electrons. The van der Waals surface area contributed by atoms with Crippen molar-refractivity contribution in [2.45, 2.75) is 20.4 Å². The molecule has 0 radical (unpaired) electrons. The van der Waals surface area contributed by atoms with Crippen LogP contribution in [0.25, 0.3) is 21.6 Å². The number of fused-ring (bicyclic) bond motifs is 1. The van der Waals surface area contributed by atoms with Crippen molar-refractivity contribution < 1.29 is 9.90 Å².